The number of carbonyl (C=O) groups is 1. The highest BCUT2D eigenvalue weighted by Gasteiger charge is 2.16. The molecule has 1 saturated carbocycles. The molecule has 1 atom stereocenters. The summed E-state index contributed by atoms with van der Waals surface area (Å²) in [5.41, 5.74) is 3.30. The molecule has 3 heterocycles. The second-order valence-electron chi connectivity index (χ2n) is 7.43. The molecule has 0 aromatic carbocycles. The van der Waals surface area contributed by atoms with Crippen molar-refractivity contribution in [2.24, 2.45) is 5.92 Å². The predicted molar refractivity (Wildman–Crippen MR) is 146 cm³/mol. The van der Waals surface area contributed by atoms with Crippen LogP contribution in [0.4, 0.5) is 5.13 Å². The van der Waals surface area contributed by atoms with Crippen LogP contribution in [0.2, 0.25) is 0 Å². The average Bonchev–Trinajstić information content (AvgIpc) is 3.52. The van der Waals surface area contributed by atoms with Crippen LogP contribution in [0.15, 0.2) is 41.8 Å². The third-order valence-electron chi connectivity index (χ3n) is 5.11. The molecule has 2 N–H and O–H groups in total. The first kappa shape index (κ1) is 28.9. The van der Waals surface area contributed by atoms with E-state index in [4.69, 9.17) is 0 Å². The van der Waals surface area contributed by atoms with Gasteiger partial charge in [0.1, 0.15) is 0 Å². The van der Waals surface area contributed by atoms with Crippen LogP contribution in [-0.4, -0.2) is 29.5 Å². The molecule has 33 heavy (non-hydrogen) atoms. The van der Waals surface area contributed by atoms with Gasteiger partial charge in [0.15, 0.2) is 5.13 Å². The third kappa shape index (κ3) is 10.6. The van der Waals surface area contributed by atoms with Crippen LogP contribution in [0, 0.1) is 19.8 Å². The molecule has 7 heteroatoms. The topological polar surface area (TPSA) is 66.9 Å². The zero-order valence-corrected chi connectivity index (χ0v) is 22.5. The van der Waals surface area contributed by atoms with E-state index in [9.17, 15) is 4.79 Å². The lowest BCUT2D eigenvalue weighted by molar-refractivity contribution is -0.105. The smallest absolute Gasteiger partial charge is 0.213 e. The molecule has 2 aromatic heterocycles. The van der Waals surface area contributed by atoms with Crippen LogP contribution in [0.25, 0.3) is 10.6 Å². The molecular weight excluding hydrogens is 448 g/mol. The van der Waals surface area contributed by atoms with Gasteiger partial charge in [-0.1, -0.05) is 70.4 Å². The molecule has 0 unspecified atom stereocenters. The maximum atomic E-state index is 10.2. The number of aromatic nitrogens is 2. The summed E-state index contributed by atoms with van der Waals surface area (Å²) in [7, 11) is 0. The molecule has 1 saturated heterocycles. The number of nitrogens with one attached hydrogen (secondary N) is 2. The molecule has 0 radical (unpaired) electrons. The molecule has 2 aromatic rings. The Morgan fingerprint density at radius 3 is 2.36 bits per heavy atom. The highest BCUT2D eigenvalue weighted by molar-refractivity contribution is 7.16. The van der Waals surface area contributed by atoms with Crippen molar-refractivity contribution in [3.05, 3.63) is 52.5 Å². The van der Waals surface area contributed by atoms with Crippen LogP contribution in [-0.2, 0) is 4.79 Å². The van der Waals surface area contributed by atoms with E-state index in [-0.39, 0.29) is 0 Å². The van der Waals surface area contributed by atoms with Gasteiger partial charge in [-0.25, -0.2) is 9.97 Å². The second-order valence-corrected chi connectivity index (χ2v) is 9.50. The zero-order chi connectivity index (χ0) is 24.5. The molecule has 1 aliphatic carbocycles. The Hall–Kier alpha value is -2.09. The summed E-state index contributed by atoms with van der Waals surface area (Å²) < 4.78 is 0. The molecule has 2 aliphatic rings. The lowest BCUT2D eigenvalue weighted by Crippen LogP contribution is -2.09. The fourth-order valence-electron chi connectivity index (χ4n) is 3.10. The monoisotopic (exact) mass is 488 g/mol. The first-order chi connectivity index (χ1) is 16.1. The van der Waals surface area contributed by atoms with Gasteiger partial charge in [0.2, 0.25) is 6.41 Å². The summed E-state index contributed by atoms with van der Waals surface area (Å²) >= 11 is 3.03. The van der Waals surface area contributed by atoms with Gasteiger partial charge in [-0.3, -0.25) is 4.79 Å². The molecule has 1 aliphatic heterocycles. The van der Waals surface area contributed by atoms with Gasteiger partial charge in [-0.05, 0) is 45.2 Å². The molecule has 1 amide bonds. The van der Waals surface area contributed by atoms with E-state index in [0.29, 0.717) is 17.5 Å². The van der Waals surface area contributed by atoms with Crippen molar-refractivity contribution in [1.29, 1.82) is 0 Å². The number of hydrogen-bond donors (Lipinski definition) is 2. The van der Waals surface area contributed by atoms with Crippen LogP contribution < -0.4 is 10.6 Å². The van der Waals surface area contributed by atoms with Gasteiger partial charge >= 0.3 is 0 Å². The summed E-state index contributed by atoms with van der Waals surface area (Å²) in [5, 5.41) is 9.46. The molecule has 0 bridgehead atoms. The van der Waals surface area contributed by atoms with Crippen LogP contribution in [0.5, 0.6) is 0 Å². The molecule has 2 fully saturated rings. The van der Waals surface area contributed by atoms with Gasteiger partial charge in [0.05, 0.1) is 21.3 Å². The number of anilines is 1. The summed E-state index contributed by atoms with van der Waals surface area (Å²) in [5.74, 6) is 0.714. The van der Waals surface area contributed by atoms with Crippen LogP contribution >= 0.6 is 22.7 Å². The van der Waals surface area contributed by atoms with Crippen molar-refractivity contribution in [3.8, 4) is 10.6 Å². The first-order valence-electron chi connectivity index (χ1n) is 11.8. The minimum Gasteiger partial charge on any atom is -0.316 e. The molecular formula is C26H40N4OS2. The number of carbonyl (C=O) groups excluding carboxylic acids is 1. The lowest BCUT2D eigenvalue weighted by atomic mass is 9.98. The maximum absolute atomic E-state index is 10.2. The van der Waals surface area contributed by atoms with Gasteiger partial charge in [-0.2, -0.15) is 0 Å². The zero-order valence-electron chi connectivity index (χ0n) is 20.8. The summed E-state index contributed by atoms with van der Waals surface area (Å²) in [4.78, 5) is 19.9. The molecule has 182 valence electrons. The Morgan fingerprint density at radius 1 is 1.21 bits per heavy atom. The van der Waals surface area contributed by atoms with Gasteiger partial charge in [-0.15, -0.1) is 22.7 Å². The maximum Gasteiger partial charge on any atom is 0.213 e. The molecule has 5 nitrogen and oxygen atoms in total. The van der Waals surface area contributed by atoms with Crippen molar-refractivity contribution >= 4 is 34.2 Å². The van der Waals surface area contributed by atoms with Crippen LogP contribution in [0.1, 0.15) is 63.6 Å². The minimum atomic E-state index is 0.616. The van der Waals surface area contributed by atoms with E-state index < -0.39 is 0 Å². The van der Waals surface area contributed by atoms with Gasteiger partial charge in [0, 0.05) is 11.9 Å². The predicted octanol–water partition coefficient (Wildman–Crippen LogP) is 7.32. The SMILES string of the molecule is C1CCC1.C=C/C=C\C(=C/C)[C@@H]1CCNC1.CC.Cc1nc(C)c(-c2csc(NC=O)n2)s1. The van der Waals surface area contributed by atoms with Gasteiger partial charge in [0.25, 0.3) is 0 Å². The Balaban J connectivity index is 0.000000269. The molecule has 0 spiro atoms. The fourth-order valence-corrected chi connectivity index (χ4v) is 4.72. The number of allylic oxidation sites excluding steroid dienone is 4. The number of amides is 1. The quantitative estimate of drug-likeness (QED) is 0.330. The van der Waals surface area contributed by atoms with Crippen molar-refractivity contribution in [3.63, 3.8) is 0 Å². The summed E-state index contributed by atoms with van der Waals surface area (Å²) in [6, 6.07) is 0. The van der Waals surface area contributed by atoms with E-state index in [1.54, 1.807) is 11.3 Å². The standard InChI is InChI=1S/C11H17N.C9H9N3OS2.C4H8.C2H6/c1-3-5-6-10(4-2)11-7-8-12-9-11;1-5-8(15-6(2)11-5)7-3-14-9(12-7)10-4-13;1-2-4-3-1;1-2/h3-6,11-12H,1,7-9H2,2H3;3-4H,1-2H3,(H,10,12,13);1-4H2;1-2H3/b6-5-,10-4+;;;/t11-;;;/m1.../s1. The Morgan fingerprint density at radius 2 is 1.91 bits per heavy atom. The highest BCUT2D eigenvalue weighted by atomic mass is 32.1. The van der Waals surface area contributed by atoms with Crippen LogP contribution in [0.3, 0.4) is 0 Å². The first-order valence-corrected chi connectivity index (χ1v) is 13.5. The Bertz CT molecular complexity index is 869. The van der Waals surface area contributed by atoms with E-state index in [1.807, 2.05) is 45.2 Å². The normalized spacial score (nSPS) is 16.9. The van der Waals surface area contributed by atoms with Crippen molar-refractivity contribution in [2.45, 2.75) is 66.7 Å². The van der Waals surface area contributed by atoms with Gasteiger partial charge < -0.3 is 10.6 Å². The van der Waals surface area contributed by atoms with E-state index in [0.717, 1.165) is 34.4 Å². The van der Waals surface area contributed by atoms with Crippen molar-refractivity contribution < 1.29 is 4.79 Å². The minimum absolute atomic E-state index is 0.616. The van der Waals surface area contributed by atoms with Crippen molar-refractivity contribution in [2.75, 3.05) is 18.4 Å². The third-order valence-corrected chi connectivity index (χ3v) is 6.98. The fraction of sp³-hybridized carbons (Fsp3) is 0.500. The number of hydrogen-bond acceptors (Lipinski definition) is 6. The van der Waals surface area contributed by atoms with E-state index in [1.165, 1.54) is 49.0 Å². The molecule has 4 rings (SSSR count). The Labute approximate surface area is 208 Å². The average molecular weight is 489 g/mol. The van der Waals surface area contributed by atoms with Crippen molar-refractivity contribution in [1.82, 2.24) is 15.3 Å². The highest BCUT2D eigenvalue weighted by Crippen LogP contribution is 2.31. The summed E-state index contributed by atoms with van der Waals surface area (Å²) in [6.45, 7) is 16.0. The number of rotatable bonds is 6. The van der Waals surface area contributed by atoms with E-state index >= 15 is 0 Å². The second kappa shape index (κ2) is 17.4. The van der Waals surface area contributed by atoms with E-state index in [2.05, 4.69) is 46.3 Å². The number of thiazole rings is 2. The Kier molecular flexibility index (Phi) is 15.3. The number of nitrogens with zero attached hydrogens (tertiary/aromatic N) is 2. The number of aryl methyl sites for hydroxylation is 2. The summed E-state index contributed by atoms with van der Waals surface area (Å²) in [6.07, 6.45) is 16.1. The lowest BCUT2D eigenvalue weighted by Gasteiger charge is -2.08. The largest absolute Gasteiger partial charge is 0.316 e.